The van der Waals surface area contributed by atoms with Gasteiger partial charge in [0, 0.05) is 13.0 Å². The molecule has 0 radical (unpaired) electrons. The van der Waals surface area contributed by atoms with Gasteiger partial charge in [-0.3, -0.25) is 7.91 Å². The van der Waals surface area contributed by atoms with Crippen molar-refractivity contribution in [1.29, 1.82) is 0 Å². The molecule has 0 unspecified atom stereocenters. The van der Waals surface area contributed by atoms with Crippen LogP contribution < -0.4 is 0 Å². The first kappa shape index (κ1) is 29.2. The molecule has 0 spiro atoms. The number of nitrogens with zero attached hydrogens (tertiary/aromatic N) is 1. The molecule has 0 rings (SSSR count). The van der Waals surface area contributed by atoms with Crippen LogP contribution in [-0.4, -0.2) is 15.6 Å². The lowest BCUT2D eigenvalue weighted by atomic mass is 10.0. The maximum Gasteiger partial charge on any atom is 0.231 e. The lowest BCUT2D eigenvalue weighted by Crippen LogP contribution is -2.21. The minimum atomic E-state index is 0.342. The fraction of sp³-hybridized carbons (Fsp3) is 0.962. The first-order chi connectivity index (χ1) is 14.2. The van der Waals surface area contributed by atoms with Crippen LogP contribution in [0.5, 0.6) is 0 Å². The monoisotopic (exact) mass is 521 g/mol. The molecular formula is C26H52INO. The number of carbonyl (C=O) groups is 1. The molecule has 0 aliphatic rings. The van der Waals surface area contributed by atoms with E-state index in [0.717, 1.165) is 25.8 Å². The van der Waals surface area contributed by atoms with Crippen LogP contribution in [0.2, 0.25) is 0 Å². The van der Waals surface area contributed by atoms with E-state index >= 15 is 0 Å². The number of halogens is 1. The number of hydrogen-bond acceptors (Lipinski definition) is 1. The highest BCUT2D eigenvalue weighted by atomic mass is 127. The Hall–Kier alpha value is 0.200. The highest BCUT2D eigenvalue weighted by Gasteiger charge is 2.09. The van der Waals surface area contributed by atoms with Gasteiger partial charge in [-0.2, -0.15) is 0 Å². The quantitative estimate of drug-likeness (QED) is 0.0744. The molecule has 3 heteroatoms. The van der Waals surface area contributed by atoms with Crippen LogP contribution in [0.15, 0.2) is 0 Å². The Bertz CT molecular complexity index is 335. The lowest BCUT2D eigenvalue weighted by molar-refractivity contribution is -0.125. The van der Waals surface area contributed by atoms with Gasteiger partial charge in [-0.15, -0.1) is 0 Å². The third-order valence-corrected chi connectivity index (χ3v) is 6.99. The first-order valence-electron chi connectivity index (χ1n) is 13.2. The van der Waals surface area contributed by atoms with Gasteiger partial charge in [-0.1, -0.05) is 136 Å². The van der Waals surface area contributed by atoms with Crippen molar-refractivity contribution >= 4 is 28.8 Å². The normalized spacial score (nSPS) is 11.1. The van der Waals surface area contributed by atoms with Gasteiger partial charge in [-0.25, -0.2) is 0 Å². The van der Waals surface area contributed by atoms with E-state index in [9.17, 15) is 4.79 Å². The average Bonchev–Trinajstić information content (AvgIpc) is 2.73. The summed E-state index contributed by atoms with van der Waals surface area (Å²) in [7, 11) is 0. The highest BCUT2D eigenvalue weighted by Crippen LogP contribution is 2.15. The van der Waals surface area contributed by atoms with Crippen molar-refractivity contribution in [2.45, 2.75) is 155 Å². The average molecular weight is 522 g/mol. The van der Waals surface area contributed by atoms with E-state index < -0.39 is 0 Å². The Morgan fingerprint density at radius 2 is 0.828 bits per heavy atom. The molecule has 0 aromatic rings. The molecule has 0 atom stereocenters. The standard InChI is InChI=1S/C26H52INO/c1-3-5-7-9-11-12-13-14-15-16-17-18-19-20-22-24-26(29)28(27)25-23-21-10-8-6-4-2/h3-25H2,1-2H3. The van der Waals surface area contributed by atoms with E-state index in [1.807, 2.05) is 3.11 Å². The van der Waals surface area contributed by atoms with Gasteiger partial charge in [0.15, 0.2) is 0 Å². The van der Waals surface area contributed by atoms with Crippen molar-refractivity contribution in [3.63, 3.8) is 0 Å². The minimum absolute atomic E-state index is 0.342. The van der Waals surface area contributed by atoms with Crippen molar-refractivity contribution in [1.82, 2.24) is 3.11 Å². The molecule has 0 saturated heterocycles. The summed E-state index contributed by atoms with van der Waals surface area (Å²) in [5, 5.41) is 0. The highest BCUT2D eigenvalue weighted by molar-refractivity contribution is 14.1. The Morgan fingerprint density at radius 1 is 0.517 bits per heavy atom. The van der Waals surface area contributed by atoms with Crippen LogP contribution in [0, 0.1) is 0 Å². The van der Waals surface area contributed by atoms with Crippen LogP contribution >= 0.6 is 22.9 Å². The summed E-state index contributed by atoms with van der Waals surface area (Å²) in [4.78, 5) is 12.2. The Kier molecular flexibility index (Phi) is 24.6. The molecule has 0 aliphatic heterocycles. The smallest absolute Gasteiger partial charge is 0.231 e. The van der Waals surface area contributed by atoms with Crippen LogP contribution in [0.3, 0.4) is 0 Å². The number of rotatable bonds is 23. The Balaban J connectivity index is 3.25. The summed E-state index contributed by atoms with van der Waals surface area (Å²) in [6.45, 7) is 5.48. The van der Waals surface area contributed by atoms with Crippen LogP contribution in [-0.2, 0) is 4.79 Å². The third kappa shape index (κ3) is 22.7. The van der Waals surface area contributed by atoms with Crippen LogP contribution in [0.4, 0.5) is 0 Å². The molecule has 0 N–H and O–H groups in total. The molecular weight excluding hydrogens is 469 g/mol. The molecule has 29 heavy (non-hydrogen) atoms. The molecule has 0 aromatic heterocycles. The number of carbonyl (C=O) groups excluding carboxylic acids is 1. The molecule has 174 valence electrons. The molecule has 0 aromatic carbocycles. The van der Waals surface area contributed by atoms with Gasteiger partial charge < -0.3 is 0 Å². The van der Waals surface area contributed by atoms with E-state index in [2.05, 4.69) is 36.7 Å². The largest absolute Gasteiger partial charge is 0.285 e. The predicted octanol–water partition coefficient (Wildman–Crippen LogP) is 9.79. The fourth-order valence-electron chi connectivity index (χ4n) is 3.92. The molecule has 2 nitrogen and oxygen atoms in total. The summed E-state index contributed by atoms with van der Waals surface area (Å²) in [5.41, 5.74) is 0. The molecule has 0 bridgehead atoms. The topological polar surface area (TPSA) is 20.3 Å². The van der Waals surface area contributed by atoms with Crippen LogP contribution in [0.1, 0.15) is 155 Å². The zero-order valence-corrected chi connectivity index (χ0v) is 22.2. The second kappa shape index (κ2) is 24.5. The maximum atomic E-state index is 12.2. The van der Waals surface area contributed by atoms with Gasteiger partial charge in [0.25, 0.3) is 0 Å². The summed E-state index contributed by atoms with van der Waals surface area (Å²) in [5.74, 6) is 0.342. The van der Waals surface area contributed by atoms with Gasteiger partial charge in [0.1, 0.15) is 0 Å². The van der Waals surface area contributed by atoms with E-state index in [-0.39, 0.29) is 0 Å². The van der Waals surface area contributed by atoms with E-state index in [0.29, 0.717) is 5.91 Å². The van der Waals surface area contributed by atoms with Crippen LogP contribution in [0.25, 0.3) is 0 Å². The van der Waals surface area contributed by atoms with Crippen molar-refractivity contribution in [3.8, 4) is 0 Å². The molecule has 0 fully saturated rings. The van der Waals surface area contributed by atoms with Crippen molar-refractivity contribution in [2.24, 2.45) is 0 Å². The van der Waals surface area contributed by atoms with E-state index in [1.54, 1.807) is 0 Å². The van der Waals surface area contributed by atoms with Crippen molar-refractivity contribution < 1.29 is 4.79 Å². The molecule has 0 aliphatic carbocycles. The second-order valence-corrected chi connectivity index (χ2v) is 10.1. The fourth-order valence-corrected chi connectivity index (χ4v) is 4.51. The Labute approximate surface area is 197 Å². The van der Waals surface area contributed by atoms with Gasteiger partial charge in [-0.05, 0) is 12.8 Å². The molecule has 0 saturated carbocycles. The summed E-state index contributed by atoms with van der Waals surface area (Å²) >= 11 is 2.22. The third-order valence-electron chi connectivity index (χ3n) is 5.97. The van der Waals surface area contributed by atoms with Gasteiger partial charge in [0.2, 0.25) is 5.91 Å². The summed E-state index contributed by atoms with van der Waals surface area (Å²) in [6, 6.07) is 0. The predicted molar refractivity (Wildman–Crippen MR) is 139 cm³/mol. The minimum Gasteiger partial charge on any atom is -0.285 e. The number of amides is 1. The number of unbranched alkanes of at least 4 members (excludes halogenated alkanes) is 19. The van der Waals surface area contributed by atoms with Gasteiger partial charge >= 0.3 is 0 Å². The van der Waals surface area contributed by atoms with E-state index in [1.165, 1.54) is 122 Å². The van der Waals surface area contributed by atoms with Crippen molar-refractivity contribution in [3.05, 3.63) is 0 Å². The zero-order valence-electron chi connectivity index (χ0n) is 20.0. The van der Waals surface area contributed by atoms with Crippen molar-refractivity contribution in [2.75, 3.05) is 6.54 Å². The zero-order chi connectivity index (χ0) is 21.4. The SMILES string of the molecule is CCCCCCCCCCCCCCCCCC(=O)N(I)CCCCCCCC. The first-order valence-corrected chi connectivity index (χ1v) is 14.1. The molecule has 0 heterocycles. The maximum absolute atomic E-state index is 12.2. The summed E-state index contributed by atoms with van der Waals surface area (Å²) in [6.07, 6.45) is 29.2. The second-order valence-electron chi connectivity index (χ2n) is 8.95. The van der Waals surface area contributed by atoms with Gasteiger partial charge in [0.05, 0.1) is 22.9 Å². The number of hydrogen-bond donors (Lipinski definition) is 0. The van der Waals surface area contributed by atoms with E-state index in [4.69, 9.17) is 0 Å². The lowest BCUT2D eigenvalue weighted by Gasteiger charge is -2.14. The molecule has 1 amide bonds. The Morgan fingerprint density at radius 3 is 1.21 bits per heavy atom. The summed E-state index contributed by atoms with van der Waals surface area (Å²) < 4.78 is 1.93.